The minimum atomic E-state index is 0.859. The van der Waals surface area contributed by atoms with E-state index in [1.807, 2.05) is 24.3 Å². The molecule has 0 amide bonds. The van der Waals surface area contributed by atoms with Crippen LogP contribution in [0.2, 0.25) is 0 Å². The molecule has 5 heteroatoms. The lowest BCUT2D eigenvalue weighted by atomic mass is 10.0. The Bertz CT molecular complexity index is 944. The van der Waals surface area contributed by atoms with Gasteiger partial charge in [0.05, 0.1) is 11.9 Å². The quantitative estimate of drug-likeness (QED) is 0.436. The van der Waals surface area contributed by atoms with Crippen LogP contribution in [0.4, 0.5) is 5.82 Å². The zero-order chi connectivity index (χ0) is 18.6. The molecule has 2 heterocycles. The van der Waals surface area contributed by atoms with Gasteiger partial charge >= 0.3 is 0 Å². The molecule has 27 heavy (non-hydrogen) atoms. The summed E-state index contributed by atoms with van der Waals surface area (Å²) in [6.45, 7) is 7.47. The molecule has 1 aromatic heterocycles. The molecular weight excluding hydrogens is 336 g/mol. The maximum Gasteiger partial charge on any atom is 0.137 e. The van der Waals surface area contributed by atoms with Gasteiger partial charge in [0.1, 0.15) is 5.82 Å². The number of rotatable bonds is 4. The number of fused-ring (bicyclic) bond motifs is 1. The molecule has 0 saturated carbocycles. The summed E-state index contributed by atoms with van der Waals surface area (Å²) in [7, 11) is 0. The molecule has 0 spiro atoms. The van der Waals surface area contributed by atoms with Gasteiger partial charge < -0.3 is 15.0 Å². The Morgan fingerprint density at radius 1 is 1.04 bits per heavy atom. The summed E-state index contributed by atoms with van der Waals surface area (Å²) in [6.07, 6.45) is 1.43. The first-order valence-electron chi connectivity index (χ1n) is 9.43. The second-order valence-corrected chi connectivity index (χ2v) is 6.84. The lowest BCUT2D eigenvalue weighted by molar-refractivity contribution is 0.271. The number of hydrogen-bond donors (Lipinski definition) is 1. The van der Waals surface area contributed by atoms with Crippen molar-refractivity contribution in [2.24, 2.45) is 5.16 Å². The Balaban J connectivity index is 1.74. The Hall–Kier alpha value is -2.92. The highest BCUT2D eigenvalue weighted by atomic mass is 16.4. The number of aromatic nitrogens is 1. The van der Waals surface area contributed by atoms with E-state index in [9.17, 15) is 0 Å². The van der Waals surface area contributed by atoms with E-state index in [1.165, 1.54) is 17.0 Å². The first-order chi connectivity index (χ1) is 13.3. The molecule has 4 rings (SSSR count). The molecule has 1 aliphatic heterocycles. The summed E-state index contributed by atoms with van der Waals surface area (Å²) >= 11 is 0. The number of pyridine rings is 1. The Labute approximate surface area is 159 Å². The van der Waals surface area contributed by atoms with Gasteiger partial charge in [-0.3, -0.25) is 0 Å². The van der Waals surface area contributed by atoms with Crippen molar-refractivity contribution >= 4 is 22.8 Å². The highest BCUT2D eigenvalue weighted by molar-refractivity contribution is 5.95. The largest absolute Gasteiger partial charge is 0.411 e. The Kier molecular flexibility index (Phi) is 5.03. The fourth-order valence-electron chi connectivity index (χ4n) is 3.65. The smallest absolute Gasteiger partial charge is 0.137 e. The van der Waals surface area contributed by atoms with E-state index in [1.54, 1.807) is 0 Å². The van der Waals surface area contributed by atoms with Crippen molar-refractivity contribution in [2.45, 2.75) is 6.92 Å². The van der Waals surface area contributed by atoms with Gasteiger partial charge in [-0.25, -0.2) is 4.98 Å². The van der Waals surface area contributed by atoms with Crippen LogP contribution >= 0.6 is 0 Å². The summed E-state index contributed by atoms with van der Waals surface area (Å²) in [5.41, 5.74) is 2.89. The average molecular weight is 360 g/mol. The summed E-state index contributed by atoms with van der Waals surface area (Å²) in [6, 6.07) is 18.5. The topological polar surface area (TPSA) is 52.0 Å². The molecule has 1 aliphatic rings. The van der Waals surface area contributed by atoms with Crippen LogP contribution in [0.3, 0.4) is 0 Å². The lowest BCUT2D eigenvalue weighted by Gasteiger charge is -2.35. The molecule has 1 N–H and O–H groups in total. The van der Waals surface area contributed by atoms with Gasteiger partial charge in [-0.2, -0.15) is 0 Å². The fraction of sp³-hybridized carbons (Fsp3) is 0.273. The standard InChI is InChI=1S/C22H24N4O/c1-2-25-11-13-26(14-12-25)22-20-6-4-3-5-19(20)15-21(24-22)18-9-7-17(8-10-18)16-23-27/h3-10,15-16,27H,2,11-14H2,1H3/b23-16-. The van der Waals surface area contributed by atoms with Crippen molar-refractivity contribution in [3.05, 3.63) is 60.2 Å². The van der Waals surface area contributed by atoms with E-state index in [0.29, 0.717) is 0 Å². The molecule has 0 radical (unpaired) electrons. The number of nitrogens with zero attached hydrogens (tertiary/aromatic N) is 4. The number of likely N-dealkylation sites (N-methyl/N-ethyl adjacent to an activating group) is 1. The van der Waals surface area contributed by atoms with Gasteiger partial charge in [-0.15, -0.1) is 0 Å². The van der Waals surface area contributed by atoms with Gasteiger partial charge in [0, 0.05) is 37.1 Å². The van der Waals surface area contributed by atoms with E-state index in [4.69, 9.17) is 10.2 Å². The van der Waals surface area contributed by atoms with Crippen LogP contribution < -0.4 is 4.90 Å². The normalized spacial score (nSPS) is 15.7. The van der Waals surface area contributed by atoms with Crippen molar-refractivity contribution in [3.8, 4) is 11.3 Å². The van der Waals surface area contributed by atoms with E-state index < -0.39 is 0 Å². The maximum atomic E-state index is 8.69. The Morgan fingerprint density at radius 2 is 1.78 bits per heavy atom. The minimum Gasteiger partial charge on any atom is -0.411 e. The maximum absolute atomic E-state index is 8.69. The van der Waals surface area contributed by atoms with Crippen LogP contribution in [0.1, 0.15) is 12.5 Å². The average Bonchev–Trinajstić information content (AvgIpc) is 2.74. The molecule has 3 aromatic rings. The first-order valence-corrected chi connectivity index (χ1v) is 9.43. The molecule has 0 bridgehead atoms. The van der Waals surface area contributed by atoms with Gasteiger partial charge in [0.25, 0.3) is 0 Å². The fourth-order valence-corrected chi connectivity index (χ4v) is 3.65. The zero-order valence-corrected chi connectivity index (χ0v) is 15.5. The van der Waals surface area contributed by atoms with Gasteiger partial charge in [-0.1, -0.05) is 60.6 Å². The molecule has 138 valence electrons. The number of piperazine rings is 1. The molecule has 2 aromatic carbocycles. The second kappa shape index (κ2) is 7.76. The van der Waals surface area contributed by atoms with Crippen molar-refractivity contribution < 1.29 is 5.21 Å². The van der Waals surface area contributed by atoms with Gasteiger partial charge in [-0.05, 0) is 23.6 Å². The minimum absolute atomic E-state index is 0.859. The summed E-state index contributed by atoms with van der Waals surface area (Å²) in [5, 5.41) is 14.2. The molecule has 0 atom stereocenters. The highest BCUT2D eigenvalue weighted by Gasteiger charge is 2.19. The zero-order valence-electron chi connectivity index (χ0n) is 15.5. The first kappa shape index (κ1) is 17.5. The summed E-state index contributed by atoms with van der Waals surface area (Å²) in [5.74, 6) is 1.07. The molecule has 1 fully saturated rings. The molecule has 1 saturated heterocycles. The molecule has 5 nitrogen and oxygen atoms in total. The van der Waals surface area contributed by atoms with Crippen LogP contribution in [-0.2, 0) is 0 Å². The van der Waals surface area contributed by atoms with Gasteiger partial charge in [0.15, 0.2) is 0 Å². The summed E-state index contributed by atoms with van der Waals surface area (Å²) in [4.78, 5) is 9.93. The van der Waals surface area contributed by atoms with Crippen molar-refractivity contribution in [2.75, 3.05) is 37.6 Å². The third kappa shape index (κ3) is 3.64. The number of oxime groups is 1. The van der Waals surface area contributed by atoms with E-state index in [-0.39, 0.29) is 0 Å². The van der Waals surface area contributed by atoms with E-state index in [0.717, 1.165) is 55.4 Å². The van der Waals surface area contributed by atoms with E-state index in [2.05, 4.69) is 52.2 Å². The number of benzene rings is 2. The SMILES string of the molecule is CCN1CCN(c2nc(-c3ccc(/C=N\O)cc3)cc3ccccc23)CC1. The van der Waals surface area contributed by atoms with Crippen LogP contribution in [0.15, 0.2) is 59.8 Å². The van der Waals surface area contributed by atoms with Crippen molar-refractivity contribution in [1.29, 1.82) is 0 Å². The van der Waals surface area contributed by atoms with Crippen LogP contribution in [0.5, 0.6) is 0 Å². The Morgan fingerprint density at radius 3 is 2.48 bits per heavy atom. The van der Waals surface area contributed by atoms with E-state index >= 15 is 0 Å². The number of anilines is 1. The molecule has 0 unspecified atom stereocenters. The summed E-state index contributed by atoms with van der Waals surface area (Å²) < 4.78 is 0. The van der Waals surface area contributed by atoms with Gasteiger partial charge in [0.2, 0.25) is 0 Å². The molecule has 0 aliphatic carbocycles. The van der Waals surface area contributed by atoms with Crippen LogP contribution in [0.25, 0.3) is 22.0 Å². The van der Waals surface area contributed by atoms with Crippen molar-refractivity contribution in [1.82, 2.24) is 9.88 Å². The third-order valence-electron chi connectivity index (χ3n) is 5.25. The highest BCUT2D eigenvalue weighted by Crippen LogP contribution is 2.30. The third-order valence-corrected chi connectivity index (χ3v) is 5.25. The lowest BCUT2D eigenvalue weighted by Crippen LogP contribution is -2.46. The molecular formula is C22H24N4O. The van der Waals surface area contributed by atoms with Crippen LogP contribution in [0, 0.1) is 0 Å². The predicted molar refractivity (Wildman–Crippen MR) is 111 cm³/mol. The monoisotopic (exact) mass is 360 g/mol. The van der Waals surface area contributed by atoms with Crippen molar-refractivity contribution in [3.63, 3.8) is 0 Å². The van der Waals surface area contributed by atoms with Crippen LogP contribution in [-0.4, -0.2) is 54.0 Å². The second-order valence-electron chi connectivity index (χ2n) is 6.84. The number of hydrogen-bond acceptors (Lipinski definition) is 5. The predicted octanol–water partition coefficient (Wildman–Crippen LogP) is 3.85.